The van der Waals surface area contributed by atoms with Crippen LogP contribution in [-0.2, 0) is 19.1 Å². The Balaban J connectivity index is 2.38. The van der Waals surface area contributed by atoms with Crippen LogP contribution in [0.3, 0.4) is 0 Å². The Labute approximate surface area is 82.0 Å². The molecule has 1 amide bonds. The van der Waals surface area contributed by atoms with E-state index in [4.69, 9.17) is 11.2 Å². The molecule has 14 heavy (non-hydrogen) atoms. The van der Waals surface area contributed by atoms with Gasteiger partial charge in [0.25, 0.3) is 0 Å². The summed E-state index contributed by atoms with van der Waals surface area (Å²) in [4.78, 5) is 23.2. The third-order valence-electron chi connectivity index (χ3n) is 1.90. The molecular weight excluding hydrogens is 186 g/mol. The second-order valence-corrected chi connectivity index (χ2v) is 2.77. The van der Waals surface area contributed by atoms with E-state index in [0.717, 1.165) is 0 Å². The smallest absolute Gasteiger partial charge is 0.325 e. The lowest BCUT2D eigenvalue weighted by Gasteiger charge is -2.38. The summed E-state index contributed by atoms with van der Waals surface area (Å²) in [6, 6.07) is 0. The fraction of sp³-hybridized carbons (Fsp3) is 0.556. The molecule has 1 unspecified atom stereocenters. The Kier molecular flexibility index (Phi) is 3.48. The third-order valence-corrected chi connectivity index (χ3v) is 1.90. The molecule has 0 aromatic rings. The minimum absolute atomic E-state index is 0.0788. The average Bonchev–Trinajstić information content (AvgIpc) is 2.20. The molecule has 1 atom stereocenters. The zero-order chi connectivity index (χ0) is 10.6. The van der Waals surface area contributed by atoms with Gasteiger partial charge in [0, 0.05) is 0 Å². The predicted octanol–water partition coefficient (Wildman–Crippen LogP) is -0.632. The first-order valence-corrected chi connectivity index (χ1v) is 4.10. The number of nitrogens with zero attached hydrogens (tertiary/aromatic N) is 1. The number of esters is 1. The number of terminal acetylenes is 1. The number of β-lactam (4-membered cyclic amide) rings is 1. The molecule has 0 spiro atoms. The zero-order valence-electron chi connectivity index (χ0n) is 7.86. The second-order valence-electron chi connectivity index (χ2n) is 2.77. The topological polar surface area (TPSA) is 55.8 Å². The van der Waals surface area contributed by atoms with Crippen molar-refractivity contribution in [2.75, 3.05) is 20.3 Å². The molecule has 1 rings (SSSR count). The summed E-state index contributed by atoms with van der Waals surface area (Å²) < 4.78 is 9.55. The average molecular weight is 197 g/mol. The maximum atomic E-state index is 11.0. The SMILES string of the molecule is C#CCOC1CC(=O)N1CC(=O)OC. The summed E-state index contributed by atoms with van der Waals surface area (Å²) in [5, 5.41) is 0. The normalized spacial score (nSPS) is 19.9. The van der Waals surface area contributed by atoms with Crippen LogP contribution in [-0.4, -0.2) is 43.3 Å². The fourth-order valence-electron chi connectivity index (χ4n) is 1.11. The van der Waals surface area contributed by atoms with E-state index in [2.05, 4.69) is 10.7 Å². The lowest BCUT2D eigenvalue weighted by atomic mass is 10.1. The highest BCUT2D eigenvalue weighted by molar-refractivity contribution is 5.86. The largest absolute Gasteiger partial charge is 0.468 e. The number of ether oxygens (including phenoxy) is 2. The van der Waals surface area contributed by atoms with Crippen LogP contribution in [0.1, 0.15) is 6.42 Å². The van der Waals surface area contributed by atoms with Crippen LogP contribution in [0, 0.1) is 12.3 Å². The third kappa shape index (κ3) is 2.24. The van der Waals surface area contributed by atoms with Crippen molar-refractivity contribution in [3.05, 3.63) is 0 Å². The highest BCUT2D eigenvalue weighted by Crippen LogP contribution is 2.19. The van der Waals surface area contributed by atoms with Gasteiger partial charge in [-0.1, -0.05) is 5.92 Å². The van der Waals surface area contributed by atoms with Gasteiger partial charge in [-0.15, -0.1) is 6.42 Å². The maximum Gasteiger partial charge on any atom is 0.325 e. The van der Waals surface area contributed by atoms with Crippen molar-refractivity contribution in [1.82, 2.24) is 4.90 Å². The first-order chi connectivity index (χ1) is 6.69. The second kappa shape index (κ2) is 4.63. The number of amides is 1. The summed E-state index contributed by atoms with van der Waals surface area (Å²) in [6.45, 7) is 0.0557. The molecule has 0 saturated carbocycles. The lowest BCUT2D eigenvalue weighted by Crippen LogP contribution is -2.55. The van der Waals surface area contributed by atoms with E-state index in [1.54, 1.807) is 0 Å². The van der Waals surface area contributed by atoms with Gasteiger partial charge in [-0.25, -0.2) is 0 Å². The minimum atomic E-state index is -0.465. The summed E-state index contributed by atoms with van der Waals surface area (Å²) >= 11 is 0. The standard InChI is InChI=1S/C9H11NO4/c1-3-4-14-8-5-7(11)10(8)6-9(12)13-2/h1,8H,4-6H2,2H3. The van der Waals surface area contributed by atoms with Crippen molar-refractivity contribution in [3.8, 4) is 12.3 Å². The summed E-state index contributed by atoms with van der Waals surface area (Å²) in [5.74, 6) is 1.70. The van der Waals surface area contributed by atoms with Crippen molar-refractivity contribution in [1.29, 1.82) is 0 Å². The van der Waals surface area contributed by atoms with E-state index >= 15 is 0 Å². The summed E-state index contributed by atoms with van der Waals surface area (Å²) in [5.41, 5.74) is 0. The molecule has 1 aliphatic rings. The molecule has 0 aromatic heterocycles. The van der Waals surface area contributed by atoms with Crippen LogP contribution in [0.25, 0.3) is 0 Å². The zero-order valence-corrected chi connectivity index (χ0v) is 7.86. The van der Waals surface area contributed by atoms with Crippen LogP contribution < -0.4 is 0 Å². The minimum Gasteiger partial charge on any atom is -0.468 e. The Morgan fingerprint density at radius 2 is 2.50 bits per heavy atom. The number of hydrogen-bond acceptors (Lipinski definition) is 4. The predicted molar refractivity (Wildman–Crippen MR) is 46.9 cm³/mol. The van der Waals surface area contributed by atoms with E-state index in [1.807, 2.05) is 0 Å². The van der Waals surface area contributed by atoms with Crippen molar-refractivity contribution in [3.63, 3.8) is 0 Å². The Morgan fingerprint density at radius 1 is 1.79 bits per heavy atom. The molecule has 5 nitrogen and oxygen atoms in total. The van der Waals surface area contributed by atoms with Gasteiger partial charge in [0.2, 0.25) is 5.91 Å². The molecule has 0 aromatic carbocycles. The summed E-state index contributed by atoms with van der Waals surface area (Å²) in [7, 11) is 1.27. The van der Waals surface area contributed by atoms with Crippen molar-refractivity contribution >= 4 is 11.9 Å². The highest BCUT2D eigenvalue weighted by Gasteiger charge is 2.38. The molecular formula is C9H11NO4. The summed E-state index contributed by atoms with van der Waals surface area (Å²) in [6.07, 6.45) is 4.89. The monoisotopic (exact) mass is 197 g/mol. The highest BCUT2D eigenvalue weighted by atomic mass is 16.5. The molecule has 0 aliphatic carbocycles. The first kappa shape index (κ1) is 10.5. The van der Waals surface area contributed by atoms with Gasteiger partial charge in [0.1, 0.15) is 19.4 Å². The Morgan fingerprint density at radius 3 is 3.00 bits per heavy atom. The van der Waals surface area contributed by atoms with Crippen molar-refractivity contribution in [2.45, 2.75) is 12.6 Å². The quantitative estimate of drug-likeness (QED) is 0.342. The van der Waals surface area contributed by atoms with E-state index in [-0.39, 0.29) is 31.7 Å². The number of hydrogen-bond donors (Lipinski definition) is 0. The van der Waals surface area contributed by atoms with Gasteiger partial charge in [-0.2, -0.15) is 0 Å². The molecule has 1 aliphatic heterocycles. The molecule has 0 N–H and O–H groups in total. The molecule has 1 heterocycles. The van der Waals surface area contributed by atoms with Gasteiger partial charge in [-0.05, 0) is 0 Å². The number of carbonyl (C=O) groups is 2. The number of methoxy groups -OCH3 is 1. The van der Waals surface area contributed by atoms with Crippen LogP contribution >= 0.6 is 0 Å². The van der Waals surface area contributed by atoms with Gasteiger partial charge < -0.3 is 14.4 Å². The van der Waals surface area contributed by atoms with Crippen LogP contribution in [0.5, 0.6) is 0 Å². The van der Waals surface area contributed by atoms with Crippen LogP contribution in [0.15, 0.2) is 0 Å². The van der Waals surface area contributed by atoms with Gasteiger partial charge in [-0.3, -0.25) is 9.59 Å². The van der Waals surface area contributed by atoms with Crippen molar-refractivity contribution < 1.29 is 19.1 Å². The van der Waals surface area contributed by atoms with E-state index < -0.39 is 5.97 Å². The van der Waals surface area contributed by atoms with Gasteiger partial charge in [0.15, 0.2) is 0 Å². The molecule has 5 heteroatoms. The van der Waals surface area contributed by atoms with E-state index in [1.165, 1.54) is 12.0 Å². The maximum absolute atomic E-state index is 11.0. The molecule has 1 fully saturated rings. The lowest BCUT2D eigenvalue weighted by molar-refractivity contribution is -0.177. The molecule has 0 bridgehead atoms. The van der Waals surface area contributed by atoms with Crippen molar-refractivity contribution in [2.24, 2.45) is 0 Å². The van der Waals surface area contributed by atoms with Gasteiger partial charge in [0.05, 0.1) is 13.5 Å². The number of rotatable bonds is 4. The van der Waals surface area contributed by atoms with E-state index in [9.17, 15) is 9.59 Å². The van der Waals surface area contributed by atoms with Gasteiger partial charge >= 0.3 is 5.97 Å². The first-order valence-electron chi connectivity index (χ1n) is 4.10. The number of carbonyl (C=O) groups excluding carboxylic acids is 2. The fourth-order valence-corrected chi connectivity index (χ4v) is 1.11. The molecule has 76 valence electrons. The Bertz CT molecular complexity index is 281. The Hall–Kier alpha value is -1.54. The van der Waals surface area contributed by atoms with Crippen LogP contribution in [0.4, 0.5) is 0 Å². The van der Waals surface area contributed by atoms with E-state index in [0.29, 0.717) is 0 Å². The molecule has 1 saturated heterocycles. The molecule has 0 radical (unpaired) electrons. The van der Waals surface area contributed by atoms with Crippen LogP contribution in [0.2, 0.25) is 0 Å². The number of likely N-dealkylation sites (tertiary alicyclic amines) is 1.